The summed E-state index contributed by atoms with van der Waals surface area (Å²) in [6.45, 7) is 3.74. The minimum atomic E-state index is -1.28. The summed E-state index contributed by atoms with van der Waals surface area (Å²) in [6.07, 6.45) is 6.04. The average Bonchev–Trinajstić information content (AvgIpc) is 2.87. The zero-order valence-corrected chi connectivity index (χ0v) is 16.4. The molecule has 2 aliphatic rings. The Bertz CT molecular complexity index is 807. The number of benzene rings is 1. The molecule has 1 N–H and O–H groups in total. The van der Waals surface area contributed by atoms with E-state index in [4.69, 9.17) is 11.6 Å². The van der Waals surface area contributed by atoms with E-state index in [1.165, 1.54) is 0 Å². The molecule has 1 fully saturated rings. The Labute approximate surface area is 164 Å². The van der Waals surface area contributed by atoms with Crippen molar-refractivity contribution in [3.05, 3.63) is 46.6 Å². The molecule has 4 amide bonds. The number of nitrogens with zero attached hydrogens (tertiary/aromatic N) is 2. The third-order valence-corrected chi connectivity index (χ3v) is 5.54. The van der Waals surface area contributed by atoms with E-state index in [0.29, 0.717) is 17.1 Å². The number of rotatable bonds is 5. The SMILES string of the molecule is CCN(C(=O)CN1C(=O)N[C@@](C)(c2ccccc2Cl)C1=O)C1=CCCCC1. The fourth-order valence-electron chi connectivity index (χ4n) is 3.72. The van der Waals surface area contributed by atoms with Crippen molar-refractivity contribution in [3.8, 4) is 0 Å². The van der Waals surface area contributed by atoms with Crippen LogP contribution >= 0.6 is 11.6 Å². The first-order valence-corrected chi connectivity index (χ1v) is 9.64. The molecule has 0 bridgehead atoms. The van der Waals surface area contributed by atoms with Crippen molar-refractivity contribution in [2.45, 2.75) is 45.1 Å². The minimum absolute atomic E-state index is 0.252. The summed E-state index contributed by atoms with van der Waals surface area (Å²) in [5.74, 6) is -0.722. The van der Waals surface area contributed by atoms with Gasteiger partial charge in [-0.15, -0.1) is 0 Å². The summed E-state index contributed by atoms with van der Waals surface area (Å²) in [5, 5.41) is 3.09. The van der Waals surface area contributed by atoms with Crippen molar-refractivity contribution in [1.29, 1.82) is 0 Å². The molecule has 3 rings (SSSR count). The van der Waals surface area contributed by atoms with Gasteiger partial charge in [-0.1, -0.05) is 35.9 Å². The van der Waals surface area contributed by atoms with Crippen molar-refractivity contribution in [3.63, 3.8) is 0 Å². The number of carbonyl (C=O) groups excluding carboxylic acids is 3. The highest BCUT2D eigenvalue weighted by Crippen LogP contribution is 2.33. The summed E-state index contributed by atoms with van der Waals surface area (Å²) in [5.41, 5.74) is 0.216. The molecule has 0 saturated carbocycles. The molecule has 1 aliphatic carbocycles. The molecule has 0 radical (unpaired) electrons. The van der Waals surface area contributed by atoms with Crippen LogP contribution < -0.4 is 5.32 Å². The summed E-state index contributed by atoms with van der Waals surface area (Å²) < 4.78 is 0. The molecule has 1 aromatic carbocycles. The third-order valence-electron chi connectivity index (χ3n) is 5.21. The number of imide groups is 1. The van der Waals surface area contributed by atoms with Crippen LogP contribution in [0.3, 0.4) is 0 Å². The van der Waals surface area contributed by atoms with Gasteiger partial charge in [0.05, 0.1) is 0 Å². The van der Waals surface area contributed by atoms with Gasteiger partial charge in [0.15, 0.2) is 0 Å². The van der Waals surface area contributed by atoms with Gasteiger partial charge >= 0.3 is 6.03 Å². The molecule has 0 spiro atoms. The van der Waals surface area contributed by atoms with Crippen molar-refractivity contribution < 1.29 is 14.4 Å². The zero-order valence-electron chi connectivity index (χ0n) is 15.6. The van der Waals surface area contributed by atoms with E-state index < -0.39 is 17.5 Å². The Morgan fingerprint density at radius 2 is 2.04 bits per heavy atom. The normalized spacial score (nSPS) is 22.5. The molecule has 1 aromatic rings. The van der Waals surface area contributed by atoms with Crippen LogP contribution in [0.1, 0.15) is 45.1 Å². The fraction of sp³-hybridized carbons (Fsp3) is 0.450. The van der Waals surface area contributed by atoms with Gasteiger partial charge in [-0.05, 0) is 45.6 Å². The van der Waals surface area contributed by atoms with Gasteiger partial charge in [0.1, 0.15) is 12.1 Å². The van der Waals surface area contributed by atoms with Crippen LogP contribution in [0.25, 0.3) is 0 Å². The van der Waals surface area contributed by atoms with Crippen LogP contribution in [0.2, 0.25) is 5.02 Å². The fourth-order valence-corrected chi connectivity index (χ4v) is 4.04. The Kier molecular flexibility index (Phi) is 5.56. The number of nitrogens with one attached hydrogen (secondary N) is 1. The van der Waals surface area contributed by atoms with Gasteiger partial charge in [-0.3, -0.25) is 14.5 Å². The lowest BCUT2D eigenvalue weighted by molar-refractivity contribution is -0.138. The van der Waals surface area contributed by atoms with Crippen LogP contribution in [-0.2, 0) is 15.1 Å². The summed E-state index contributed by atoms with van der Waals surface area (Å²) in [4.78, 5) is 41.0. The molecule has 1 aliphatic heterocycles. The molecular weight excluding hydrogens is 366 g/mol. The first-order valence-electron chi connectivity index (χ1n) is 9.27. The maximum Gasteiger partial charge on any atom is 0.325 e. The molecular formula is C20H24ClN3O3. The molecule has 27 heavy (non-hydrogen) atoms. The maximum absolute atomic E-state index is 13.0. The van der Waals surface area contributed by atoms with Crippen molar-refractivity contribution >= 4 is 29.4 Å². The second-order valence-corrected chi connectivity index (χ2v) is 7.41. The molecule has 0 unspecified atom stereocenters. The number of amides is 4. The maximum atomic E-state index is 13.0. The Balaban J connectivity index is 1.80. The van der Waals surface area contributed by atoms with Gasteiger partial charge in [-0.25, -0.2) is 4.79 Å². The summed E-state index contributed by atoms with van der Waals surface area (Å²) >= 11 is 6.23. The highest BCUT2D eigenvalue weighted by atomic mass is 35.5. The van der Waals surface area contributed by atoms with E-state index in [1.807, 2.05) is 6.92 Å². The standard InChI is InChI=1S/C20H24ClN3O3/c1-3-23(14-9-5-4-6-10-14)17(25)13-24-18(26)20(2,22-19(24)27)15-11-7-8-12-16(15)21/h7-9,11-12H,3-6,10,13H2,1-2H3,(H,22,27)/t20-/m0/s1. The lowest BCUT2D eigenvalue weighted by atomic mass is 9.92. The van der Waals surface area contributed by atoms with Crippen LogP contribution in [0.15, 0.2) is 36.0 Å². The van der Waals surface area contributed by atoms with Crippen LogP contribution in [0.5, 0.6) is 0 Å². The minimum Gasteiger partial charge on any atom is -0.319 e. The molecule has 1 heterocycles. The molecule has 0 aromatic heterocycles. The monoisotopic (exact) mass is 389 g/mol. The lowest BCUT2D eigenvalue weighted by Crippen LogP contribution is -2.44. The van der Waals surface area contributed by atoms with E-state index in [0.717, 1.165) is 36.3 Å². The molecule has 1 saturated heterocycles. The van der Waals surface area contributed by atoms with Crippen LogP contribution in [0, 0.1) is 0 Å². The predicted molar refractivity (Wildman–Crippen MR) is 103 cm³/mol. The Morgan fingerprint density at radius 1 is 1.30 bits per heavy atom. The van der Waals surface area contributed by atoms with E-state index >= 15 is 0 Å². The molecule has 144 valence electrons. The smallest absolute Gasteiger partial charge is 0.319 e. The first kappa shape index (κ1) is 19.4. The van der Waals surface area contributed by atoms with E-state index in [1.54, 1.807) is 36.1 Å². The number of allylic oxidation sites excluding steroid dienone is 2. The Morgan fingerprint density at radius 3 is 2.67 bits per heavy atom. The summed E-state index contributed by atoms with van der Waals surface area (Å²) in [6, 6.07) is 6.31. The van der Waals surface area contributed by atoms with Gasteiger partial charge in [0, 0.05) is 22.8 Å². The largest absolute Gasteiger partial charge is 0.325 e. The lowest BCUT2D eigenvalue weighted by Gasteiger charge is -2.28. The number of carbonyl (C=O) groups is 3. The third kappa shape index (κ3) is 3.58. The van der Waals surface area contributed by atoms with Crippen molar-refractivity contribution in [2.24, 2.45) is 0 Å². The first-order chi connectivity index (χ1) is 12.9. The number of hydrogen-bond donors (Lipinski definition) is 1. The number of halogens is 1. The molecule has 1 atom stereocenters. The topological polar surface area (TPSA) is 69.7 Å². The van der Waals surface area contributed by atoms with E-state index in [-0.39, 0.29) is 12.5 Å². The summed E-state index contributed by atoms with van der Waals surface area (Å²) in [7, 11) is 0. The van der Waals surface area contributed by atoms with Gasteiger partial charge in [-0.2, -0.15) is 0 Å². The van der Waals surface area contributed by atoms with Gasteiger partial charge < -0.3 is 10.2 Å². The molecule has 6 nitrogen and oxygen atoms in total. The number of urea groups is 1. The Hall–Kier alpha value is -2.34. The van der Waals surface area contributed by atoms with Crippen LogP contribution in [0.4, 0.5) is 4.79 Å². The molecule has 7 heteroatoms. The number of likely N-dealkylation sites (N-methyl/N-ethyl adjacent to an activating group) is 1. The van der Waals surface area contributed by atoms with E-state index in [9.17, 15) is 14.4 Å². The highest BCUT2D eigenvalue weighted by molar-refractivity contribution is 6.32. The predicted octanol–water partition coefficient (Wildman–Crippen LogP) is 3.41. The van der Waals surface area contributed by atoms with Crippen molar-refractivity contribution in [2.75, 3.05) is 13.1 Å². The number of hydrogen-bond acceptors (Lipinski definition) is 3. The van der Waals surface area contributed by atoms with Crippen molar-refractivity contribution in [1.82, 2.24) is 15.1 Å². The average molecular weight is 390 g/mol. The van der Waals surface area contributed by atoms with Crippen LogP contribution in [-0.4, -0.2) is 40.7 Å². The second-order valence-electron chi connectivity index (χ2n) is 7.01. The quantitative estimate of drug-likeness (QED) is 0.784. The van der Waals surface area contributed by atoms with Gasteiger partial charge in [0.25, 0.3) is 5.91 Å². The zero-order chi connectivity index (χ0) is 19.6. The highest BCUT2D eigenvalue weighted by Gasteiger charge is 2.50. The van der Waals surface area contributed by atoms with Gasteiger partial charge in [0.2, 0.25) is 5.91 Å². The second kappa shape index (κ2) is 7.72. The van der Waals surface area contributed by atoms with E-state index in [2.05, 4.69) is 11.4 Å².